The molecule has 0 aliphatic carbocycles. The van der Waals surface area contributed by atoms with E-state index in [1.54, 1.807) is 22.6 Å². The van der Waals surface area contributed by atoms with E-state index >= 15 is 0 Å². The number of nitrogens with zero attached hydrogens (tertiary/aromatic N) is 3. The molecule has 0 unspecified atom stereocenters. The van der Waals surface area contributed by atoms with Gasteiger partial charge in [-0.1, -0.05) is 12.1 Å². The van der Waals surface area contributed by atoms with Crippen molar-refractivity contribution in [3.63, 3.8) is 0 Å². The molecular formula is C17H16N4OS. The quantitative estimate of drug-likeness (QED) is 0.747. The number of amides is 1. The maximum atomic E-state index is 12.0. The first-order chi connectivity index (χ1) is 11.1. The number of carbonyl (C=O) groups is 1. The molecule has 3 aromatic rings. The SMILES string of the molecule is Cc1nn(C)c2c1[C@H](c1ccc3ncccc3c1)SCC(=O)N2. The van der Waals surface area contributed by atoms with Crippen molar-refractivity contribution in [1.29, 1.82) is 0 Å². The minimum Gasteiger partial charge on any atom is -0.310 e. The van der Waals surface area contributed by atoms with Crippen LogP contribution >= 0.6 is 11.8 Å². The summed E-state index contributed by atoms with van der Waals surface area (Å²) in [6.07, 6.45) is 1.80. The number of benzene rings is 1. The maximum absolute atomic E-state index is 12.0. The summed E-state index contributed by atoms with van der Waals surface area (Å²) in [6.45, 7) is 1.99. The molecule has 1 aromatic carbocycles. The van der Waals surface area contributed by atoms with E-state index in [4.69, 9.17) is 0 Å². The van der Waals surface area contributed by atoms with Crippen molar-refractivity contribution in [2.24, 2.45) is 7.05 Å². The Hall–Kier alpha value is -2.34. The lowest BCUT2D eigenvalue weighted by Crippen LogP contribution is -2.15. The van der Waals surface area contributed by atoms with Gasteiger partial charge in [-0.2, -0.15) is 5.10 Å². The highest BCUT2D eigenvalue weighted by molar-refractivity contribution is 8.00. The third-order valence-corrected chi connectivity index (χ3v) is 5.37. The minimum atomic E-state index is 0.0178. The lowest BCUT2D eigenvalue weighted by molar-refractivity contribution is -0.113. The topological polar surface area (TPSA) is 59.8 Å². The summed E-state index contributed by atoms with van der Waals surface area (Å²) in [5.41, 5.74) is 4.19. The van der Waals surface area contributed by atoms with Crippen LogP contribution in [0, 0.1) is 6.92 Å². The van der Waals surface area contributed by atoms with Crippen LogP contribution in [0.25, 0.3) is 10.9 Å². The largest absolute Gasteiger partial charge is 0.310 e. The molecule has 0 saturated carbocycles. The summed E-state index contributed by atoms with van der Waals surface area (Å²) in [6, 6.07) is 10.3. The molecule has 0 saturated heterocycles. The zero-order valence-electron chi connectivity index (χ0n) is 12.9. The van der Waals surface area contributed by atoms with Crippen LogP contribution in [0.4, 0.5) is 5.82 Å². The second-order valence-electron chi connectivity index (χ2n) is 5.67. The zero-order chi connectivity index (χ0) is 16.0. The van der Waals surface area contributed by atoms with Gasteiger partial charge < -0.3 is 5.32 Å². The molecule has 3 heterocycles. The zero-order valence-corrected chi connectivity index (χ0v) is 13.7. The Morgan fingerprint density at radius 3 is 3.09 bits per heavy atom. The van der Waals surface area contributed by atoms with Crippen LogP contribution in [0.1, 0.15) is 22.1 Å². The van der Waals surface area contributed by atoms with Crippen LogP contribution in [-0.4, -0.2) is 26.4 Å². The van der Waals surface area contributed by atoms with Crippen molar-refractivity contribution in [3.05, 3.63) is 53.3 Å². The van der Waals surface area contributed by atoms with E-state index in [9.17, 15) is 4.79 Å². The molecule has 1 aliphatic heterocycles. The van der Waals surface area contributed by atoms with Crippen LogP contribution in [0.2, 0.25) is 0 Å². The fourth-order valence-electron chi connectivity index (χ4n) is 3.07. The van der Waals surface area contributed by atoms with Crippen LogP contribution in [0.15, 0.2) is 36.5 Å². The van der Waals surface area contributed by atoms with Crippen molar-refractivity contribution >= 4 is 34.4 Å². The first kappa shape index (κ1) is 14.3. The fraction of sp³-hybridized carbons (Fsp3) is 0.235. The van der Waals surface area contributed by atoms with Crippen molar-refractivity contribution in [3.8, 4) is 0 Å². The predicted octanol–water partition coefficient (Wildman–Crippen LogP) is 3.05. The van der Waals surface area contributed by atoms with E-state index in [0.29, 0.717) is 5.75 Å². The number of nitrogens with one attached hydrogen (secondary N) is 1. The number of thioether (sulfide) groups is 1. The summed E-state index contributed by atoms with van der Waals surface area (Å²) < 4.78 is 1.75. The smallest absolute Gasteiger partial charge is 0.235 e. The van der Waals surface area contributed by atoms with Gasteiger partial charge in [0.2, 0.25) is 5.91 Å². The average molecular weight is 324 g/mol. The van der Waals surface area contributed by atoms with E-state index in [1.165, 1.54) is 5.56 Å². The average Bonchev–Trinajstić information content (AvgIpc) is 2.72. The van der Waals surface area contributed by atoms with E-state index < -0.39 is 0 Å². The number of rotatable bonds is 1. The lowest BCUT2D eigenvalue weighted by atomic mass is 10.0. The number of aromatic nitrogens is 3. The van der Waals surface area contributed by atoms with Gasteiger partial charge >= 0.3 is 0 Å². The highest BCUT2D eigenvalue weighted by atomic mass is 32.2. The van der Waals surface area contributed by atoms with Crippen molar-refractivity contribution in [2.45, 2.75) is 12.2 Å². The van der Waals surface area contributed by atoms with Gasteiger partial charge in [0.1, 0.15) is 5.82 Å². The summed E-state index contributed by atoms with van der Waals surface area (Å²) in [5, 5.41) is 8.65. The summed E-state index contributed by atoms with van der Waals surface area (Å²) in [4.78, 5) is 16.4. The van der Waals surface area contributed by atoms with Crippen LogP contribution in [0.3, 0.4) is 0 Å². The molecule has 1 aliphatic rings. The normalized spacial score (nSPS) is 17.7. The van der Waals surface area contributed by atoms with E-state index in [0.717, 1.165) is 28.0 Å². The number of fused-ring (bicyclic) bond motifs is 2. The second kappa shape index (κ2) is 5.38. The Bertz CT molecular complexity index is 918. The Balaban J connectivity index is 1.88. The fourth-order valence-corrected chi connectivity index (χ4v) is 4.25. The molecule has 0 spiro atoms. The third kappa shape index (κ3) is 2.39. The van der Waals surface area contributed by atoms with Gasteiger partial charge in [0.15, 0.2) is 0 Å². The third-order valence-electron chi connectivity index (χ3n) is 4.10. The van der Waals surface area contributed by atoms with Crippen molar-refractivity contribution in [1.82, 2.24) is 14.8 Å². The molecule has 1 amide bonds. The molecule has 116 valence electrons. The first-order valence-electron chi connectivity index (χ1n) is 7.43. The Kier molecular flexibility index (Phi) is 3.34. The second-order valence-corrected chi connectivity index (χ2v) is 6.76. The molecule has 0 fully saturated rings. The maximum Gasteiger partial charge on any atom is 0.235 e. The molecule has 1 N–H and O–H groups in total. The van der Waals surface area contributed by atoms with E-state index in [-0.39, 0.29) is 11.2 Å². The number of anilines is 1. The van der Waals surface area contributed by atoms with Gasteiger partial charge in [0, 0.05) is 24.2 Å². The Morgan fingerprint density at radius 2 is 2.22 bits per heavy atom. The highest BCUT2D eigenvalue weighted by Gasteiger charge is 2.29. The minimum absolute atomic E-state index is 0.0178. The Labute approximate surface area is 138 Å². The van der Waals surface area contributed by atoms with Gasteiger partial charge in [-0.15, -0.1) is 11.8 Å². The molecule has 6 heteroatoms. The molecular weight excluding hydrogens is 308 g/mol. The molecule has 5 nitrogen and oxygen atoms in total. The monoisotopic (exact) mass is 324 g/mol. The van der Waals surface area contributed by atoms with E-state index in [2.05, 4.69) is 33.6 Å². The highest BCUT2D eigenvalue weighted by Crippen LogP contribution is 2.43. The summed E-state index contributed by atoms with van der Waals surface area (Å²) >= 11 is 1.64. The van der Waals surface area contributed by atoms with Crippen LogP contribution < -0.4 is 5.32 Å². The van der Waals surface area contributed by atoms with Crippen LogP contribution in [0.5, 0.6) is 0 Å². The Morgan fingerprint density at radius 1 is 1.35 bits per heavy atom. The molecule has 2 aromatic heterocycles. The number of aryl methyl sites for hydroxylation is 2. The standard InChI is InChI=1S/C17H16N4OS/c1-10-15-16(23-9-14(22)19-17(15)21(2)20-10)12-5-6-13-11(8-12)4-3-7-18-13/h3-8,16H,9H2,1-2H3,(H,19,22)/t16-/m0/s1. The molecule has 4 rings (SSSR count). The van der Waals surface area contributed by atoms with Gasteiger partial charge in [-0.05, 0) is 30.7 Å². The summed E-state index contributed by atoms with van der Waals surface area (Å²) in [7, 11) is 1.86. The van der Waals surface area contributed by atoms with Gasteiger partial charge in [0.05, 0.1) is 22.2 Å². The number of hydrogen-bond donors (Lipinski definition) is 1. The predicted molar refractivity (Wildman–Crippen MR) is 92.6 cm³/mol. The van der Waals surface area contributed by atoms with Gasteiger partial charge in [-0.3, -0.25) is 14.5 Å². The molecule has 0 radical (unpaired) electrons. The van der Waals surface area contributed by atoms with Gasteiger partial charge in [0.25, 0.3) is 0 Å². The van der Waals surface area contributed by atoms with Gasteiger partial charge in [-0.25, -0.2) is 0 Å². The molecule has 0 bridgehead atoms. The number of carbonyl (C=O) groups excluding carboxylic acids is 1. The van der Waals surface area contributed by atoms with Crippen molar-refractivity contribution in [2.75, 3.05) is 11.1 Å². The lowest BCUT2D eigenvalue weighted by Gasteiger charge is -2.15. The molecule has 1 atom stereocenters. The summed E-state index contributed by atoms with van der Waals surface area (Å²) in [5.74, 6) is 1.25. The van der Waals surface area contributed by atoms with E-state index in [1.807, 2.05) is 26.1 Å². The number of pyridine rings is 1. The first-order valence-corrected chi connectivity index (χ1v) is 8.48. The van der Waals surface area contributed by atoms with Crippen LogP contribution in [-0.2, 0) is 11.8 Å². The molecule has 23 heavy (non-hydrogen) atoms. The van der Waals surface area contributed by atoms with Crippen molar-refractivity contribution < 1.29 is 4.79 Å². The number of hydrogen-bond acceptors (Lipinski definition) is 4.